The van der Waals surface area contributed by atoms with E-state index >= 15 is 0 Å². The number of hydrogen-bond donors (Lipinski definition) is 4. The standard InChI is InChI=1S/C10H13FN2O6/c1-9(18)7(16)5(4-14)19-10(9,11)13-3-2-6(15)12-8(13)17/h2-3,5,7,14,16,18H,4H2,1H3,(H,12,15,17)/t5-,7-,9-,10+/m1/s1. The second-order valence-corrected chi connectivity index (χ2v) is 4.47. The van der Waals surface area contributed by atoms with Crippen LogP contribution in [-0.2, 0) is 10.7 Å². The summed E-state index contributed by atoms with van der Waals surface area (Å²) in [6.45, 7) is 0.173. The van der Waals surface area contributed by atoms with Crippen molar-refractivity contribution in [2.45, 2.75) is 30.7 Å². The van der Waals surface area contributed by atoms with E-state index in [0.29, 0.717) is 4.57 Å². The maximum atomic E-state index is 14.8. The molecule has 8 nitrogen and oxygen atoms in total. The maximum absolute atomic E-state index is 14.8. The molecule has 1 saturated heterocycles. The lowest BCUT2D eigenvalue weighted by Gasteiger charge is -2.32. The minimum Gasteiger partial charge on any atom is -0.394 e. The lowest BCUT2D eigenvalue weighted by atomic mass is 9.95. The van der Waals surface area contributed by atoms with Gasteiger partial charge in [-0.15, -0.1) is 0 Å². The van der Waals surface area contributed by atoms with E-state index in [1.165, 1.54) is 0 Å². The minimum atomic E-state index is -3.11. The van der Waals surface area contributed by atoms with Crippen molar-refractivity contribution < 1.29 is 24.4 Å². The Morgan fingerprint density at radius 2 is 2.21 bits per heavy atom. The number of nitrogens with one attached hydrogen (secondary N) is 1. The Hall–Kier alpha value is -1.55. The average Bonchev–Trinajstić information content (AvgIpc) is 2.50. The Balaban J connectivity index is 2.59. The van der Waals surface area contributed by atoms with Gasteiger partial charge in [0.15, 0.2) is 5.60 Å². The molecule has 2 rings (SSSR count). The lowest BCUT2D eigenvalue weighted by molar-refractivity contribution is -0.274. The van der Waals surface area contributed by atoms with Gasteiger partial charge in [-0.25, -0.2) is 9.36 Å². The van der Waals surface area contributed by atoms with E-state index in [1.54, 1.807) is 4.98 Å². The SMILES string of the molecule is C[C@@]1(O)[C@H](O)[C@@H](CO)O[C@@]1(F)n1ccc(=O)[nH]c1=O. The van der Waals surface area contributed by atoms with Gasteiger partial charge in [0.05, 0.1) is 6.61 Å². The number of aromatic amines is 1. The molecule has 1 fully saturated rings. The number of halogens is 1. The van der Waals surface area contributed by atoms with Gasteiger partial charge in [0.25, 0.3) is 5.56 Å². The highest BCUT2D eigenvalue weighted by Crippen LogP contribution is 2.43. The van der Waals surface area contributed by atoms with Crippen LogP contribution in [0.2, 0.25) is 0 Å². The molecule has 0 spiro atoms. The Kier molecular flexibility index (Phi) is 3.09. The van der Waals surface area contributed by atoms with Crippen molar-refractivity contribution in [3.8, 4) is 0 Å². The second kappa shape index (κ2) is 4.23. The van der Waals surface area contributed by atoms with Crippen molar-refractivity contribution in [1.29, 1.82) is 0 Å². The van der Waals surface area contributed by atoms with Crippen LogP contribution < -0.4 is 11.2 Å². The van der Waals surface area contributed by atoms with Crippen molar-refractivity contribution in [3.05, 3.63) is 33.1 Å². The second-order valence-electron chi connectivity index (χ2n) is 4.47. The van der Waals surface area contributed by atoms with Crippen LogP contribution in [0, 0.1) is 0 Å². The van der Waals surface area contributed by atoms with E-state index in [0.717, 1.165) is 19.2 Å². The first-order chi connectivity index (χ1) is 8.74. The summed E-state index contributed by atoms with van der Waals surface area (Å²) in [5.41, 5.74) is -4.38. The van der Waals surface area contributed by atoms with E-state index < -0.39 is 41.6 Å². The molecular weight excluding hydrogens is 263 g/mol. The van der Waals surface area contributed by atoms with Crippen LogP contribution in [0.1, 0.15) is 6.92 Å². The molecule has 1 aliphatic heterocycles. The number of aromatic nitrogens is 2. The number of hydrogen-bond acceptors (Lipinski definition) is 6. The zero-order chi connectivity index (χ0) is 14.4. The fraction of sp³-hybridized carbons (Fsp3) is 0.600. The van der Waals surface area contributed by atoms with Crippen LogP contribution in [0.3, 0.4) is 0 Å². The Labute approximate surface area is 105 Å². The highest BCUT2D eigenvalue weighted by Gasteiger charge is 2.65. The van der Waals surface area contributed by atoms with E-state index in [9.17, 15) is 24.2 Å². The summed E-state index contributed by atoms with van der Waals surface area (Å²) < 4.78 is 19.9. The molecule has 4 atom stereocenters. The molecule has 0 amide bonds. The normalized spacial score (nSPS) is 38.6. The predicted molar refractivity (Wildman–Crippen MR) is 59.0 cm³/mol. The Morgan fingerprint density at radius 1 is 1.58 bits per heavy atom. The molecule has 2 heterocycles. The topological polar surface area (TPSA) is 125 Å². The molecule has 0 radical (unpaired) electrons. The van der Waals surface area contributed by atoms with Gasteiger partial charge < -0.3 is 20.1 Å². The maximum Gasteiger partial charge on any atom is 0.332 e. The molecular formula is C10H13FN2O6. The summed E-state index contributed by atoms with van der Waals surface area (Å²) in [5.74, 6) is -3.11. The smallest absolute Gasteiger partial charge is 0.332 e. The Morgan fingerprint density at radius 3 is 2.68 bits per heavy atom. The van der Waals surface area contributed by atoms with Crippen LogP contribution in [0.15, 0.2) is 21.9 Å². The first kappa shape index (κ1) is 13.9. The summed E-state index contributed by atoms with van der Waals surface area (Å²) in [6.07, 6.45) is -2.36. The number of aliphatic hydroxyl groups is 3. The summed E-state index contributed by atoms with van der Waals surface area (Å²) >= 11 is 0. The number of H-pyrrole nitrogens is 1. The largest absolute Gasteiger partial charge is 0.394 e. The molecule has 4 N–H and O–H groups in total. The van der Waals surface area contributed by atoms with E-state index in [1.807, 2.05) is 0 Å². The number of rotatable bonds is 2. The molecule has 19 heavy (non-hydrogen) atoms. The quantitative estimate of drug-likeness (QED) is 0.478. The van der Waals surface area contributed by atoms with Crippen LogP contribution in [0.4, 0.5) is 4.39 Å². The van der Waals surface area contributed by atoms with Crippen LogP contribution in [-0.4, -0.2) is 49.3 Å². The molecule has 0 saturated carbocycles. The summed E-state index contributed by atoms with van der Waals surface area (Å²) in [7, 11) is 0. The van der Waals surface area contributed by atoms with E-state index in [2.05, 4.69) is 0 Å². The number of alkyl halides is 1. The van der Waals surface area contributed by atoms with Crippen molar-refractivity contribution in [3.63, 3.8) is 0 Å². The van der Waals surface area contributed by atoms with Gasteiger partial charge >= 0.3 is 11.7 Å². The summed E-state index contributed by atoms with van der Waals surface area (Å²) in [6, 6.07) is 0.862. The molecule has 0 unspecified atom stereocenters. The van der Waals surface area contributed by atoms with Crippen LogP contribution in [0.5, 0.6) is 0 Å². The van der Waals surface area contributed by atoms with Crippen molar-refractivity contribution in [1.82, 2.24) is 9.55 Å². The lowest BCUT2D eigenvalue weighted by Crippen LogP contribution is -2.56. The number of nitrogens with zero attached hydrogens (tertiary/aromatic N) is 1. The fourth-order valence-corrected chi connectivity index (χ4v) is 2.01. The van der Waals surface area contributed by atoms with Crippen LogP contribution in [0.25, 0.3) is 0 Å². The van der Waals surface area contributed by atoms with Gasteiger partial charge in [-0.1, -0.05) is 0 Å². The molecule has 1 aromatic heterocycles. The third-order valence-corrected chi connectivity index (χ3v) is 3.17. The van der Waals surface area contributed by atoms with E-state index in [-0.39, 0.29) is 0 Å². The highest BCUT2D eigenvalue weighted by atomic mass is 19.2. The minimum absolute atomic E-state index is 0.313. The average molecular weight is 276 g/mol. The number of ether oxygens (including phenoxy) is 1. The zero-order valence-electron chi connectivity index (χ0n) is 9.91. The van der Waals surface area contributed by atoms with Gasteiger partial charge in [-0.3, -0.25) is 9.78 Å². The predicted octanol–water partition coefficient (Wildman–Crippen LogP) is -2.38. The van der Waals surface area contributed by atoms with Gasteiger partial charge in [-0.05, 0) is 6.92 Å². The molecule has 9 heteroatoms. The molecule has 1 aromatic rings. The zero-order valence-corrected chi connectivity index (χ0v) is 9.91. The molecule has 0 aliphatic carbocycles. The monoisotopic (exact) mass is 276 g/mol. The summed E-state index contributed by atoms with van der Waals surface area (Å²) in [4.78, 5) is 24.3. The highest BCUT2D eigenvalue weighted by molar-refractivity contribution is 5.04. The van der Waals surface area contributed by atoms with Crippen molar-refractivity contribution in [2.24, 2.45) is 0 Å². The summed E-state index contributed by atoms with van der Waals surface area (Å²) in [5, 5.41) is 28.7. The van der Waals surface area contributed by atoms with Crippen molar-refractivity contribution in [2.75, 3.05) is 6.61 Å². The molecule has 106 valence electrons. The first-order valence-corrected chi connectivity index (χ1v) is 5.44. The third-order valence-electron chi connectivity index (χ3n) is 3.17. The van der Waals surface area contributed by atoms with E-state index in [4.69, 9.17) is 9.84 Å². The number of aliphatic hydroxyl groups excluding tert-OH is 2. The Bertz CT molecular complexity index is 596. The van der Waals surface area contributed by atoms with Crippen LogP contribution >= 0.6 is 0 Å². The molecule has 0 bridgehead atoms. The van der Waals surface area contributed by atoms with Gasteiger partial charge in [0.2, 0.25) is 0 Å². The van der Waals surface area contributed by atoms with Gasteiger partial charge in [0, 0.05) is 12.3 Å². The first-order valence-electron chi connectivity index (χ1n) is 5.44. The molecule has 0 aromatic carbocycles. The third kappa shape index (κ3) is 1.82. The van der Waals surface area contributed by atoms with Gasteiger partial charge in [-0.2, -0.15) is 4.39 Å². The fourth-order valence-electron chi connectivity index (χ4n) is 2.01. The van der Waals surface area contributed by atoms with Gasteiger partial charge in [0.1, 0.15) is 12.2 Å². The van der Waals surface area contributed by atoms with Crippen molar-refractivity contribution >= 4 is 0 Å². The molecule has 1 aliphatic rings.